The van der Waals surface area contributed by atoms with E-state index in [2.05, 4.69) is 11.7 Å². The molecule has 168 valence electrons. The number of rotatable bonds is 22. The lowest BCUT2D eigenvalue weighted by atomic mass is 10.0. The van der Waals surface area contributed by atoms with Gasteiger partial charge in [-0.15, -0.1) is 0 Å². The lowest BCUT2D eigenvalue weighted by molar-refractivity contribution is -0.150. The molecule has 0 aromatic heterocycles. The maximum atomic E-state index is 11.1. The van der Waals surface area contributed by atoms with E-state index in [0.29, 0.717) is 6.42 Å². The second-order valence-corrected chi connectivity index (χ2v) is 8.55. The van der Waals surface area contributed by atoms with Crippen molar-refractivity contribution in [3.63, 3.8) is 0 Å². The Morgan fingerprint density at radius 3 is 1.18 bits per heavy atom. The number of unbranched alkanes of at least 4 members (excludes halogenated alkanes) is 19. The molecule has 0 spiro atoms. The molecule has 1 atom stereocenters. The standard InChI is InChI=1S/C25H50O3/c1-3-4-5-6-7-8-9-10-11-12-13-14-15-16-17-18-19-20-21-22-23-24(26)25(27)28-2/h24,26H,3-23H2,1-2H3/t24-/m1/s1. The second kappa shape index (κ2) is 22.7. The summed E-state index contributed by atoms with van der Waals surface area (Å²) in [5.41, 5.74) is 0. The molecule has 0 aromatic carbocycles. The van der Waals surface area contributed by atoms with E-state index < -0.39 is 12.1 Å². The first-order valence-corrected chi connectivity index (χ1v) is 12.5. The number of carbonyl (C=O) groups is 1. The average molecular weight is 399 g/mol. The van der Waals surface area contributed by atoms with Crippen LogP contribution in [0.2, 0.25) is 0 Å². The average Bonchev–Trinajstić information content (AvgIpc) is 2.71. The molecule has 3 heteroatoms. The molecular weight excluding hydrogens is 348 g/mol. The van der Waals surface area contributed by atoms with Gasteiger partial charge in [-0.3, -0.25) is 0 Å². The van der Waals surface area contributed by atoms with Crippen LogP contribution < -0.4 is 0 Å². The molecule has 0 amide bonds. The Balaban J connectivity index is 3.08. The SMILES string of the molecule is CCCCCCCCCCCCCCCCCCCCCC[C@@H](O)C(=O)OC. The molecule has 0 aliphatic carbocycles. The number of hydrogen-bond donors (Lipinski definition) is 1. The van der Waals surface area contributed by atoms with Gasteiger partial charge in [0.1, 0.15) is 0 Å². The summed E-state index contributed by atoms with van der Waals surface area (Å²) in [7, 11) is 1.32. The molecule has 0 unspecified atom stereocenters. The number of ether oxygens (including phenoxy) is 1. The largest absolute Gasteiger partial charge is 0.467 e. The zero-order chi connectivity index (χ0) is 20.7. The summed E-state index contributed by atoms with van der Waals surface area (Å²) in [5, 5.41) is 9.49. The highest BCUT2D eigenvalue weighted by Crippen LogP contribution is 2.15. The van der Waals surface area contributed by atoms with E-state index >= 15 is 0 Å². The van der Waals surface area contributed by atoms with Gasteiger partial charge in [0.05, 0.1) is 7.11 Å². The zero-order valence-corrected chi connectivity index (χ0v) is 19.2. The van der Waals surface area contributed by atoms with Gasteiger partial charge in [-0.2, -0.15) is 0 Å². The first-order valence-electron chi connectivity index (χ1n) is 12.5. The highest BCUT2D eigenvalue weighted by Gasteiger charge is 2.13. The normalized spacial score (nSPS) is 12.2. The number of esters is 1. The first-order chi connectivity index (χ1) is 13.7. The quantitative estimate of drug-likeness (QED) is 0.150. The molecule has 0 rings (SSSR count). The maximum Gasteiger partial charge on any atom is 0.334 e. The molecule has 0 bridgehead atoms. The van der Waals surface area contributed by atoms with Crippen LogP contribution in [0.3, 0.4) is 0 Å². The molecule has 0 aliphatic heterocycles. The Labute approximate surface area is 176 Å². The predicted octanol–water partition coefficient (Wildman–Crippen LogP) is 7.73. The van der Waals surface area contributed by atoms with Crippen molar-refractivity contribution in [2.45, 2.75) is 148 Å². The summed E-state index contributed by atoms with van der Waals surface area (Å²) < 4.78 is 4.52. The van der Waals surface area contributed by atoms with E-state index in [1.165, 1.54) is 123 Å². The van der Waals surface area contributed by atoms with Crippen molar-refractivity contribution in [2.75, 3.05) is 7.11 Å². The van der Waals surface area contributed by atoms with Crippen molar-refractivity contribution in [2.24, 2.45) is 0 Å². The van der Waals surface area contributed by atoms with Gasteiger partial charge in [-0.1, -0.05) is 135 Å². The molecule has 0 aromatic rings. The molecule has 28 heavy (non-hydrogen) atoms. The van der Waals surface area contributed by atoms with E-state index in [1.807, 2.05) is 0 Å². The molecule has 1 N–H and O–H groups in total. The van der Waals surface area contributed by atoms with E-state index in [9.17, 15) is 9.90 Å². The highest BCUT2D eigenvalue weighted by molar-refractivity contribution is 5.74. The Kier molecular flexibility index (Phi) is 22.3. The lowest BCUT2D eigenvalue weighted by Crippen LogP contribution is -2.21. The summed E-state index contributed by atoms with van der Waals surface area (Å²) in [6.45, 7) is 2.28. The van der Waals surface area contributed by atoms with Gasteiger partial charge in [0.25, 0.3) is 0 Å². The smallest absolute Gasteiger partial charge is 0.334 e. The van der Waals surface area contributed by atoms with Crippen LogP contribution in [0.1, 0.15) is 142 Å². The summed E-state index contributed by atoms with van der Waals surface area (Å²) in [5.74, 6) is -0.502. The minimum Gasteiger partial charge on any atom is -0.467 e. The molecular formula is C25H50O3. The van der Waals surface area contributed by atoms with Crippen LogP contribution in [0, 0.1) is 0 Å². The van der Waals surface area contributed by atoms with Crippen molar-refractivity contribution in [3.8, 4) is 0 Å². The van der Waals surface area contributed by atoms with Crippen LogP contribution in [0.25, 0.3) is 0 Å². The van der Waals surface area contributed by atoms with Gasteiger partial charge in [-0.05, 0) is 6.42 Å². The van der Waals surface area contributed by atoms with Crippen LogP contribution in [-0.4, -0.2) is 24.3 Å². The minimum atomic E-state index is -0.930. The van der Waals surface area contributed by atoms with Gasteiger partial charge in [0.2, 0.25) is 0 Å². The third kappa shape index (κ3) is 20.2. The Hall–Kier alpha value is -0.570. The predicted molar refractivity (Wildman–Crippen MR) is 121 cm³/mol. The maximum absolute atomic E-state index is 11.1. The van der Waals surface area contributed by atoms with Gasteiger partial charge in [-0.25, -0.2) is 4.79 Å². The summed E-state index contributed by atoms with van der Waals surface area (Å²) in [6, 6.07) is 0. The van der Waals surface area contributed by atoms with Crippen molar-refractivity contribution in [3.05, 3.63) is 0 Å². The second-order valence-electron chi connectivity index (χ2n) is 8.55. The molecule has 0 fully saturated rings. The fraction of sp³-hybridized carbons (Fsp3) is 0.960. The van der Waals surface area contributed by atoms with Gasteiger partial charge in [0.15, 0.2) is 6.10 Å². The molecule has 0 aliphatic rings. The third-order valence-electron chi connectivity index (χ3n) is 5.80. The van der Waals surface area contributed by atoms with Crippen molar-refractivity contribution in [1.82, 2.24) is 0 Å². The minimum absolute atomic E-state index is 0.502. The van der Waals surface area contributed by atoms with Crippen LogP contribution in [-0.2, 0) is 9.53 Å². The van der Waals surface area contributed by atoms with Crippen molar-refractivity contribution in [1.29, 1.82) is 0 Å². The van der Waals surface area contributed by atoms with E-state index in [1.54, 1.807) is 0 Å². The van der Waals surface area contributed by atoms with Gasteiger partial charge < -0.3 is 9.84 Å². The number of aliphatic hydroxyl groups is 1. The zero-order valence-electron chi connectivity index (χ0n) is 19.2. The lowest BCUT2D eigenvalue weighted by Gasteiger charge is -2.07. The topological polar surface area (TPSA) is 46.5 Å². The van der Waals surface area contributed by atoms with Crippen LogP contribution in [0.4, 0.5) is 0 Å². The Bertz CT molecular complexity index is 317. The van der Waals surface area contributed by atoms with E-state index in [4.69, 9.17) is 0 Å². The molecule has 0 saturated carbocycles. The summed E-state index contributed by atoms with van der Waals surface area (Å²) in [4.78, 5) is 11.1. The van der Waals surface area contributed by atoms with Gasteiger partial charge >= 0.3 is 5.97 Å². The van der Waals surface area contributed by atoms with Crippen LogP contribution >= 0.6 is 0 Å². The number of aliphatic hydroxyl groups excluding tert-OH is 1. The fourth-order valence-corrected chi connectivity index (χ4v) is 3.85. The Morgan fingerprint density at radius 2 is 0.893 bits per heavy atom. The van der Waals surface area contributed by atoms with E-state index in [0.717, 1.165) is 12.8 Å². The molecule has 0 saturated heterocycles. The Morgan fingerprint density at radius 1 is 0.607 bits per heavy atom. The number of carbonyl (C=O) groups excluding carboxylic acids is 1. The molecule has 3 nitrogen and oxygen atoms in total. The molecule has 0 radical (unpaired) electrons. The third-order valence-corrected chi connectivity index (χ3v) is 5.80. The van der Waals surface area contributed by atoms with E-state index in [-0.39, 0.29) is 0 Å². The van der Waals surface area contributed by atoms with Crippen molar-refractivity contribution < 1.29 is 14.6 Å². The van der Waals surface area contributed by atoms with Crippen molar-refractivity contribution >= 4 is 5.97 Å². The van der Waals surface area contributed by atoms with Crippen LogP contribution in [0.15, 0.2) is 0 Å². The van der Waals surface area contributed by atoms with Crippen LogP contribution in [0.5, 0.6) is 0 Å². The van der Waals surface area contributed by atoms with Gasteiger partial charge in [0, 0.05) is 0 Å². The number of hydrogen-bond acceptors (Lipinski definition) is 3. The summed E-state index contributed by atoms with van der Waals surface area (Å²) in [6.07, 6.45) is 26.8. The fourth-order valence-electron chi connectivity index (χ4n) is 3.85. The summed E-state index contributed by atoms with van der Waals surface area (Å²) >= 11 is 0. The first kappa shape index (κ1) is 27.4. The highest BCUT2D eigenvalue weighted by atomic mass is 16.5. The number of methoxy groups -OCH3 is 1. The molecule has 0 heterocycles. The monoisotopic (exact) mass is 398 g/mol.